The van der Waals surface area contributed by atoms with Crippen LogP contribution in [-0.2, 0) is 6.42 Å². The zero-order valence-electron chi connectivity index (χ0n) is 12.2. The molecule has 2 aliphatic rings. The van der Waals surface area contributed by atoms with Crippen molar-refractivity contribution in [1.29, 1.82) is 0 Å². The molecule has 1 aromatic carbocycles. The maximum atomic E-state index is 3.96. The third-order valence-electron chi connectivity index (χ3n) is 5.19. The second kappa shape index (κ2) is 6.09. The molecule has 0 bridgehead atoms. The average Bonchev–Trinajstić information content (AvgIpc) is 2.90. The first kappa shape index (κ1) is 13.2. The molecule has 1 unspecified atom stereocenters. The molecule has 104 valence electrons. The van der Waals surface area contributed by atoms with Crippen molar-refractivity contribution in [3.63, 3.8) is 0 Å². The summed E-state index contributed by atoms with van der Waals surface area (Å²) >= 11 is 0. The normalized spacial score (nSPS) is 25.8. The van der Waals surface area contributed by atoms with Crippen molar-refractivity contribution >= 4 is 0 Å². The van der Waals surface area contributed by atoms with Gasteiger partial charge >= 0.3 is 0 Å². The van der Waals surface area contributed by atoms with Crippen LogP contribution in [-0.4, -0.2) is 6.04 Å². The zero-order chi connectivity index (χ0) is 13.1. The highest BCUT2D eigenvalue weighted by molar-refractivity contribution is 5.31. The van der Waals surface area contributed by atoms with Gasteiger partial charge in [0.1, 0.15) is 0 Å². The largest absolute Gasteiger partial charge is 0.307 e. The molecule has 1 N–H and O–H groups in total. The second-order valence-electron chi connectivity index (χ2n) is 6.50. The number of nitrogens with one attached hydrogen (secondary N) is 1. The van der Waals surface area contributed by atoms with Gasteiger partial charge in [-0.15, -0.1) is 0 Å². The Labute approximate surface area is 117 Å². The van der Waals surface area contributed by atoms with Crippen LogP contribution in [0.4, 0.5) is 0 Å². The fraction of sp³-hybridized carbons (Fsp3) is 0.667. The summed E-state index contributed by atoms with van der Waals surface area (Å²) in [5.41, 5.74) is 3.15. The lowest BCUT2D eigenvalue weighted by atomic mass is 9.94. The molecule has 0 spiro atoms. The number of hydrogen-bond donors (Lipinski definition) is 1. The van der Waals surface area contributed by atoms with Crippen LogP contribution in [0, 0.1) is 5.92 Å². The minimum absolute atomic E-state index is 0.592. The van der Waals surface area contributed by atoms with E-state index in [4.69, 9.17) is 0 Å². The summed E-state index contributed by atoms with van der Waals surface area (Å²) in [5, 5.41) is 3.96. The molecule has 0 amide bonds. The molecule has 1 fully saturated rings. The fourth-order valence-electron chi connectivity index (χ4n) is 4.01. The van der Waals surface area contributed by atoms with Crippen molar-refractivity contribution < 1.29 is 0 Å². The lowest BCUT2D eigenvalue weighted by molar-refractivity contribution is 0.333. The summed E-state index contributed by atoms with van der Waals surface area (Å²) in [5.74, 6) is 0.912. The van der Waals surface area contributed by atoms with E-state index < -0.39 is 0 Å². The molecule has 1 aromatic rings. The number of rotatable bonds is 3. The molecule has 0 saturated heterocycles. The van der Waals surface area contributed by atoms with Crippen LogP contribution < -0.4 is 5.32 Å². The Bertz CT molecular complexity index is 406. The van der Waals surface area contributed by atoms with Crippen LogP contribution in [0.15, 0.2) is 24.3 Å². The Morgan fingerprint density at radius 3 is 2.58 bits per heavy atom. The van der Waals surface area contributed by atoms with E-state index in [0.29, 0.717) is 12.1 Å². The molecule has 1 heteroatoms. The number of hydrogen-bond acceptors (Lipinski definition) is 1. The van der Waals surface area contributed by atoms with Gasteiger partial charge < -0.3 is 5.32 Å². The van der Waals surface area contributed by atoms with Crippen LogP contribution in [0.25, 0.3) is 0 Å². The minimum atomic E-state index is 0.592. The molecule has 0 radical (unpaired) electrons. The lowest BCUT2D eigenvalue weighted by Crippen LogP contribution is -2.35. The van der Waals surface area contributed by atoms with E-state index in [9.17, 15) is 0 Å². The summed E-state index contributed by atoms with van der Waals surface area (Å²) in [6, 6.07) is 10.4. The molecule has 0 aromatic heterocycles. The molecular formula is C18H27N. The Balaban J connectivity index is 1.72. The quantitative estimate of drug-likeness (QED) is 0.779. The third kappa shape index (κ3) is 3.02. The van der Waals surface area contributed by atoms with Gasteiger partial charge in [-0.1, -0.05) is 43.5 Å². The van der Waals surface area contributed by atoms with Gasteiger partial charge in [-0.3, -0.25) is 0 Å². The SMILES string of the molecule is C[C@@H](NC1CCCCc2ccccc21)C1CCCC1. The predicted octanol–water partition coefficient (Wildman–Crippen LogP) is 4.62. The molecule has 0 heterocycles. The average molecular weight is 257 g/mol. The standard InChI is InChI=1S/C18H27N/c1-14(15-8-2-3-9-15)19-18-13-7-5-11-16-10-4-6-12-17(16)18/h4,6,10,12,14-15,18-19H,2-3,5,7-9,11,13H2,1H3/t14-,18?/m1/s1. The van der Waals surface area contributed by atoms with Crippen molar-refractivity contribution in [2.45, 2.75) is 70.4 Å². The van der Waals surface area contributed by atoms with Crippen LogP contribution in [0.5, 0.6) is 0 Å². The zero-order valence-corrected chi connectivity index (χ0v) is 12.2. The summed E-state index contributed by atoms with van der Waals surface area (Å²) in [6.07, 6.45) is 11.1. The van der Waals surface area contributed by atoms with E-state index in [1.807, 2.05) is 0 Å². The molecule has 2 atom stereocenters. The van der Waals surface area contributed by atoms with E-state index in [0.717, 1.165) is 5.92 Å². The van der Waals surface area contributed by atoms with Gasteiger partial charge in [-0.25, -0.2) is 0 Å². The Kier molecular flexibility index (Phi) is 4.22. The first-order valence-electron chi connectivity index (χ1n) is 8.18. The fourth-order valence-corrected chi connectivity index (χ4v) is 4.01. The Morgan fingerprint density at radius 2 is 1.74 bits per heavy atom. The molecule has 3 rings (SSSR count). The maximum absolute atomic E-state index is 3.96. The van der Waals surface area contributed by atoms with Gasteiger partial charge in [0.15, 0.2) is 0 Å². The van der Waals surface area contributed by atoms with E-state index in [1.54, 1.807) is 11.1 Å². The number of benzene rings is 1. The van der Waals surface area contributed by atoms with E-state index in [-0.39, 0.29) is 0 Å². The maximum Gasteiger partial charge on any atom is 0.0325 e. The van der Waals surface area contributed by atoms with Crippen LogP contribution in [0.2, 0.25) is 0 Å². The number of aryl methyl sites for hydroxylation is 1. The highest BCUT2D eigenvalue weighted by Gasteiger charge is 2.25. The van der Waals surface area contributed by atoms with Crippen LogP contribution in [0.3, 0.4) is 0 Å². The van der Waals surface area contributed by atoms with Gasteiger partial charge in [0.25, 0.3) is 0 Å². The highest BCUT2D eigenvalue weighted by atomic mass is 15.0. The van der Waals surface area contributed by atoms with E-state index >= 15 is 0 Å². The highest BCUT2D eigenvalue weighted by Crippen LogP contribution is 2.32. The van der Waals surface area contributed by atoms with E-state index in [2.05, 4.69) is 36.5 Å². The van der Waals surface area contributed by atoms with Gasteiger partial charge in [-0.2, -0.15) is 0 Å². The summed E-state index contributed by atoms with van der Waals surface area (Å²) in [6.45, 7) is 2.41. The molecule has 19 heavy (non-hydrogen) atoms. The smallest absolute Gasteiger partial charge is 0.0325 e. The monoisotopic (exact) mass is 257 g/mol. The summed E-state index contributed by atoms with van der Waals surface area (Å²) in [4.78, 5) is 0. The molecular weight excluding hydrogens is 230 g/mol. The third-order valence-corrected chi connectivity index (χ3v) is 5.19. The first-order valence-corrected chi connectivity index (χ1v) is 8.18. The minimum Gasteiger partial charge on any atom is -0.307 e. The first-order chi connectivity index (χ1) is 9.34. The van der Waals surface area contributed by atoms with Gasteiger partial charge in [0.05, 0.1) is 0 Å². The van der Waals surface area contributed by atoms with Crippen molar-refractivity contribution in [2.24, 2.45) is 5.92 Å². The van der Waals surface area contributed by atoms with Crippen molar-refractivity contribution in [2.75, 3.05) is 0 Å². The lowest BCUT2D eigenvalue weighted by Gasteiger charge is -2.27. The molecule has 0 aliphatic heterocycles. The summed E-state index contributed by atoms with van der Waals surface area (Å²) < 4.78 is 0. The topological polar surface area (TPSA) is 12.0 Å². The summed E-state index contributed by atoms with van der Waals surface area (Å²) in [7, 11) is 0. The molecule has 1 saturated carbocycles. The van der Waals surface area contributed by atoms with Gasteiger partial charge in [0, 0.05) is 12.1 Å². The van der Waals surface area contributed by atoms with Crippen LogP contribution >= 0.6 is 0 Å². The molecule has 2 aliphatic carbocycles. The molecule has 1 nitrogen and oxygen atoms in total. The van der Waals surface area contributed by atoms with Crippen molar-refractivity contribution in [1.82, 2.24) is 5.32 Å². The van der Waals surface area contributed by atoms with Crippen molar-refractivity contribution in [3.8, 4) is 0 Å². The Hall–Kier alpha value is -0.820. The van der Waals surface area contributed by atoms with Crippen LogP contribution in [0.1, 0.15) is 69.0 Å². The second-order valence-corrected chi connectivity index (χ2v) is 6.50. The van der Waals surface area contributed by atoms with Crippen molar-refractivity contribution in [3.05, 3.63) is 35.4 Å². The number of fused-ring (bicyclic) bond motifs is 1. The Morgan fingerprint density at radius 1 is 1.00 bits per heavy atom. The van der Waals surface area contributed by atoms with Gasteiger partial charge in [0.2, 0.25) is 0 Å². The van der Waals surface area contributed by atoms with Gasteiger partial charge in [-0.05, 0) is 56.1 Å². The predicted molar refractivity (Wildman–Crippen MR) is 81.3 cm³/mol. The van der Waals surface area contributed by atoms with E-state index in [1.165, 1.54) is 51.4 Å².